The Morgan fingerprint density at radius 3 is 2.19 bits per heavy atom. The van der Waals surface area contributed by atoms with Gasteiger partial charge >= 0.3 is 0 Å². The Labute approximate surface area is 194 Å². The van der Waals surface area contributed by atoms with E-state index in [1.54, 1.807) is 35.1 Å². The molecule has 5 aromatic rings. The first-order valence-electron chi connectivity index (χ1n) is 10.2. The average Bonchev–Trinajstić information content (AvgIpc) is 3.52. The van der Waals surface area contributed by atoms with Crippen LogP contribution < -0.4 is 4.80 Å². The molecular weight excluding hydrogens is 432 g/mol. The number of thiophene rings is 1. The number of thiazole rings is 1. The molecule has 0 N–H and O–H groups in total. The predicted octanol–water partition coefficient (Wildman–Crippen LogP) is 6.57. The number of rotatable bonds is 6. The first-order chi connectivity index (χ1) is 15.9. The molecule has 0 aliphatic carbocycles. The van der Waals surface area contributed by atoms with Crippen LogP contribution in [0.25, 0.3) is 10.6 Å². The van der Waals surface area contributed by atoms with E-state index in [4.69, 9.17) is 10.1 Å². The SMILES string of the molecule is C(=Nn1c(-c2cccs2)csc1=Nc1cccnc1)C(c1ccccc1)c1ccccc1. The molecular formula is C26H20N4S2. The molecule has 0 bridgehead atoms. The van der Waals surface area contributed by atoms with Crippen LogP contribution in [0.4, 0.5) is 5.69 Å². The average molecular weight is 453 g/mol. The largest absolute Gasteiger partial charge is 0.262 e. The van der Waals surface area contributed by atoms with Crippen molar-refractivity contribution in [3.8, 4) is 10.6 Å². The van der Waals surface area contributed by atoms with Crippen LogP contribution in [0, 0.1) is 0 Å². The molecule has 5 rings (SSSR count). The summed E-state index contributed by atoms with van der Waals surface area (Å²) in [5.41, 5.74) is 4.23. The summed E-state index contributed by atoms with van der Waals surface area (Å²) < 4.78 is 1.93. The number of nitrogens with zero attached hydrogens (tertiary/aromatic N) is 4. The monoisotopic (exact) mass is 452 g/mol. The molecule has 0 fully saturated rings. The third-order valence-electron chi connectivity index (χ3n) is 4.98. The Morgan fingerprint density at radius 2 is 1.56 bits per heavy atom. The van der Waals surface area contributed by atoms with Crippen LogP contribution in [-0.2, 0) is 0 Å². The van der Waals surface area contributed by atoms with E-state index in [2.05, 4.69) is 76.4 Å². The summed E-state index contributed by atoms with van der Waals surface area (Å²) in [5.74, 6) is 0.0345. The molecule has 0 atom stereocenters. The van der Waals surface area contributed by atoms with E-state index >= 15 is 0 Å². The second-order valence-electron chi connectivity index (χ2n) is 7.08. The van der Waals surface area contributed by atoms with Crippen LogP contribution in [0.3, 0.4) is 0 Å². The molecule has 0 amide bonds. The van der Waals surface area contributed by atoms with Crippen molar-refractivity contribution in [2.24, 2.45) is 10.1 Å². The van der Waals surface area contributed by atoms with Crippen LogP contribution >= 0.6 is 22.7 Å². The molecule has 2 aromatic carbocycles. The molecule has 0 saturated carbocycles. The predicted molar refractivity (Wildman–Crippen MR) is 134 cm³/mol. The fourth-order valence-corrected chi connectivity index (χ4v) is 5.08. The second kappa shape index (κ2) is 9.68. The summed E-state index contributed by atoms with van der Waals surface area (Å²) in [6.45, 7) is 0. The van der Waals surface area contributed by atoms with Crippen LogP contribution in [0.2, 0.25) is 0 Å². The lowest BCUT2D eigenvalue weighted by Gasteiger charge is -2.13. The standard InChI is InChI=1S/C26H20N4S2/c1-3-9-20(10-4-1)23(21-11-5-2-6-12-21)18-28-30-24(25-14-8-16-31-25)19-32-26(30)29-22-13-7-15-27-17-22/h1-19,23H. The Balaban J connectivity index is 1.63. The minimum absolute atomic E-state index is 0.0345. The van der Waals surface area contributed by atoms with Gasteiger partial charge in [-0.1, -0.05) is 66.7 Å². The first kappa shape index (κ1) is 20.3. The minimum atomic E-state index is 0.0345. The lowest BCUT2D eigenvalue weighted by atomic mass is 9.92. The summed E-state index contributed by atoms with van der Waals surface area (Å²) >= 11 is 3.27. The highest BCUT2D eigenvalue weighted by atomic mass is 32.1. The molecule has 6 heteroatoms. The van der Waals surface area contributed by atoms with Crippen LogP contribution in [0.1, 0.15) is 17.0 Å². The Morgan fingerprint density at radius 1 is 0.812 bits per heavy atom. The number of benzene rings is 2. The highest BCUT2D eigenvalue weighted by molar-refractivity contribution is 7.14. The highest BCUT2D eigenvalue weighted by Crippen LogP contribution is 2.27. The molecule has 3 aromatic heterocycles. The van der Waals surface area contributed by atoms with Gasteiger partial charge in [0.1, 0.15) is 0 Å². The molecule has 0 radical (unpaired) electrons. The summed E-state index contributed by atoms with van der Waals surface area (Å²) in [6.07, 6.45) is 5.52. The molecule has 156 valence electrons. The minimum Gasteiger partial charge on any atom is -0.262 e. The smallest absolute Gasteiger partial charge is 0.211 e. The van der Waals surface area contributed by atoms with E-state index in [-0.39, 0.29) is 5.92 Å². The highest BCUT2D eigenvalue weighted by Gasteiger charge is 2.13. The zero-order valence-electron chi connectivity index (χ0n) is 17.2. The zero-order chi connectivity index (χ0) is 21.6. The van der Waals surface area contributed by atoms with E-state index in [1.807, 2.05) is 35.2 Å². The molecule has 0 spiro atoms. The first-order valence-corrected chi connectivity index (χ1v) is 12.0. The van der Waals surface area contributed by atoms with Crippen molar-refractivity contribution in [3.05, 3.63) is 124 Å². The summed E-state index contributed by atoms with van der Waals surface area (Å²) in [5, 5.41) is 9.15. The quantitative estimate of drug-likeness (QED) is 0.269. The number of aromatic nitrogens is 2. The lowest BCUT2D eigenvalue weighted by Crippen LogP contribution is -2.13. The van der Waals surface area contributed by atoms with E-state index in [0.29, 0.717) is 0 Å². The maximum absolute atomic E-state index is 4.97. The molecule has 0 saturated heterocycles. The van der Waals surface area contributed by atoms with Crippen molar-refractivity contribution in [1.29, 1.82) is 0 Å². The van der Waals surface area contributed by atoms with E-state index < -0.39 is 0 Å². The van der Waals surface area contributed by atoms with Gasteiger partial charge in [0.2, 0.25) is 4.80 Å². The fraction of sp³-hybridized carbons (Fsp3) is 0.0385. The van der Waals surface area contributed by atoms with Gasteiger partial charge < -0.3 is 0 Å². The Bertz CT molecular complexity index is 1310. The van der Waals surface area contributed by atoms with Crippen molar-refractivity contribution in [2.45, 2.75) is 5.92 Å². The number of pyridine rings is 1. The van der Waals surface area contributed by atoms with E-state index in [0.717, 1.165) is 21.1 Å². The molecule has 3 heterocycles. The van der Waals surface area contributed by atoms with Gasteiger partial charge in [0.15, 0.2) is 0 Å². The van der Waals surface area contributed by atoms with Gasteiger partial charge in [-0.25, -0.2) is 9.67 Å². The molecule has 32 heavy (non-hydrogen) atoms. The summed E-state index contributed by atoms with van der Waals surface area (Å²) in [6, 6.07) is 28.9. The summed E-state index contributed by atoms with van der Waals surface area (Å²) in [4.78, 5) is 10.9. The Hall–Kier alpha value is -3.61. The van der Waals surface area contributed by atoms with Gasteiger partial charge in [-0.2, -0.15) is 5.10 Å². The van der Waals surface area contributed by atoms with Crippen molar-refractivity contribution in [1.82, 2.24) is 9.66 Å². The van der Waals surface area contributed by atoms with Gasteiger partial charge in [0.05, 0.1) is 22.5 Å². The molecule has 0 aliphatic heterocycles. The van der Waals surface area contributed by atoms with Crippen LogP contribution in [-0.4, -0.2) is 15.9 Å². The maximum Gasteiger partial charge on any atom is 0.211 e. The van der Waals surface area contributed by atoms with Crippen molar-refractivity contribution in [2.75, 3.05) is 0 Å². The van der Waals surface area contributed by atoms with Crippen molar-refractivity contribution < 1.29 is 0 Å². The van der Waals surface area contributed by atoms with E-state index in [1.165, 1.54) is 11.1 Å². The number of hydrogen-bond donors (Lipinski definition) is 0. The Kier molecular flexibility index (Phi) is 6.14. The lowest BCUT2D eigenvalue weighted by molar-refractivity contribution is 0.846. The van der Waals surface area contributed by atoms with Crippen LogP contribution in [0.5, 0.6) is 0 Å². The number of hydrogen-bond acceptors (Lipinski definition) is 5. The van der Waals surface area contributed by atoms with Crippen molar-refractivity contribution >= 4 is 34.6 Å². The normalized spacial score (nSPS) is 12.1. The van der Waals surface area contributed by atoms with Crippen molar-refractivity contribution in [3.63, 3.8) is 0 Å². The topological polar surface area (TPSA) is 42.5 Å². The maximum atomic E-state index is 4.97. The van der Waals surface area contributed by atoms with Gasteiger partial charge in [0.25, 0.3) is 0 Å². The van der Waals surface area contributed by atoms with Gasteiger partial charge in [-0.15, -0.1) is 22.7 Å². The molecule has 0 aliphatic rings. The molecule has 4 nitrogen and oxygen atoms in total. The zero-order valence-corrected chi connectivity index (χ0v) is 18.8. The third kappa shape index (κ3) is 4.51. The molecule has 0 unspecified atom stereocenters. The van der Waals surface area contributed by atoms with Gasteiger partial charge in [0, 0.05) is 23.7 Å². The third-order valence-corrected chi connectivity index (χ3v) is 6.69. The fourth-order valence-electron chi connectivity index (χ4n) is 3.43. The van der Waals surface area contributed by atoms with E-state index in [9.17, 15) is 0 Å². The van der Waals surface area contributed by atoms with Crippen LogP contribution in [0.15, 0.2) is 118 Å². The van der Waals surface area contributed by atoms with Gasteiger partial charge in [-0.3, -0.25) is 4.98 Å². The van der Waals surface area contributed by atoms with Gasteiger partial charge in [-0.05, 0) is 34.7 Å². The second-order valence-corrected chi connectivity index (χ2v) is 8.86. The summed E-state index contributed by atoms with van der Waals surface area (Å²) in [7, 11) is 0.